The maximum atomic E-state index is 12.8. The second kappa shape index (κ2) is 7.06. The fourth-order valence-corrected chi connectivity index (χ4v) is 4.17. The highest BCUT2D eigenvalue weighted by Crippen LogP contribution is 2.35. The van der Waals surface area contributed by atoms with Crippen LogP contribution in [0.5, 0.6) is 11.5 Å². The van der Waals surface area contributed by atoms with Gasteiger partial charge in [0.05, 0.1) is 4.90 Å². The molecule has 0 spiro atoms. The lowest BCUT2D eigenvalue weighted by molar-refractivity contribution is 0.171. The highest BCUT2D eigenvalue weighted by molar-refractivity contribution is 7.89. The number of ether oxygens (including phenoxy) is 2. The smallest absolute Gasteiger partial charge is 0.241 e. The van der Waals surface area contributed by atoms with Crippen LogP contribution in [0.25, 0.3) is 0 Å². The molecule has 1 N–H and O–H groups in total. The molecule has 1 aliphatic rings. The Bertz CT molecular complexity index is 844. The minimum absolute atomic E-state index is 0.0720. The Morgan fingerprint density at radius 3 is 2.24 bits per heavy atom. The van der Waals surface area contributed by atoms with Gasteiger partial charge in [0.2, 0.25) is 10.0 Å². The van der Waals surface area contributed by atoms with Gasteiger partial charge in [-0.15, -0.1) is 0 Å². The van der Waals surface area contributed by atoms with E-state index in [1.165, 1.54) is 0 Å². The zero-order valence-electron chi connectivity index (χ0n) is 14.7. The third kappa shape index (κ3) is 3.96. The molecule has 0 saturated carbocycles. The number of nitrogens with one attached hydrogen (secondary N) is 1. The number of sulfonamides is 1. The van der Waals surface area contributed by atoms with Crippen molar-refractivity contribution in [1.29, 1.82) is 0 Å². The topological polar surface area (TPSA) is 64.6 Å². The fourth-order valence-electron chi connectivity index (χ4n) is 2.80. The summed E-state index contributed by atoms with van der Waals surface area (Å²) in [6.07, 6.45) is 0. The highest BCUT2D eigenvalue weighted by atomic mass is 32.2. The Morgan fingerprint density at radius 2 is 1.60 bits per heavy atom. The summed E-state index contributed by atoms with van der Waals surface area (Å²) >= 11 is 0. The monoisotopic (exact) mass is 361 g/mol. The lowest BCUT2D eigenvalue weighted by Crippen LogP contribution is -2.32. The predicted molar refractivity (Wildman–Crippen MR) is 96.5 cm³/mol. The van der Waals surface area contributed by atoms with Gasteiger partial charge in [0.25, 0.3) is 0 Å². The number of benzene rings is 2. The van der Waals surface area contributed by atoms with Crippen LogP contribution in [0.15, 0.2) is 47.4 Å². The Kier molecular flexibility index (Phi) is 5.01. The zero-order chi connectivity index (χ0) is 18.0. The van der Waals surface area contributed by atoms with E-state index < -0.39 is 10.0 Å². The zero-order valence-corrected chi connectivity index (χ0v) is 15.5. The van der Waals surface area contributed by atoms with Crippen LogP contribution in [-0.2, 0) is 10.0 Å². The molecule has 1 heterocycles. The molecule has 0 saturated heterocycles. The molecule has 1 aliphatic heterocycles. The van der Waals surface area contributed by atoms with Crippen LogP contribution in [0.1, 0.15) is 31.0 Å². The van der Waals surface area contributed by atoms with Crippen LogP contribution in [0.2, 0.25) is 0 Å². The summed E-state index contributed by atoms with van der Waals surface area (Å²) in [5.74, 6) is 1.42. The number of hydrogen-bond acceptors (Lipinski definition) is 4. The average molecular weight is 361 g/mol. The molecule has 3 rings (SSSR count). The van der Waals surface area contributed by atoms with Crippen LogP contribution >= 0.6 is 0 Å². The quantitative estimate of drug-likeness (QED) is 0.886. The predicted octanol–water partition coefficient (Wildman–Crippen LogP) is 3.44. The molecule has 25 heavy (non-hydrogen) atoms. The minimum Gasteiger partial charge on any atom is -0.486 e. The van der Waals surface area contributed by atoms with E-state index in [1.807, 2.05) is 39.0 Å². The minimum atomic E-state index is -3.61. The van der Waals surface area contributed by atoms with Gasteiger partial charge in [-0.05, 0) is 42.7 Å². The molecular formula is C19H23NO4S. The van der Waals surface area contributed by atoms with Crippen LogP contribution in [0.4, 0.5) is 0 Å². The van der Waals surface area contributed by atoms with Gasteiger partial charge in [-0.1, -0.05) is 37.6 Å². The number of fused-ring (bicyclic) bond motifs is 1. The normalized spacial score (nSPS) is 15.2. The van der Waals surface area contributed by atoms with Crippen molar-refractivity contribution in [3.05, 3.63) is 53.6 Å². The first kappa shape index (κ1) is 17.8. The van der Waals surface area contributed by atoms with E-state index in [1.54, 1.807) is 24.3 Å². The maximum Gasteiger partial charge on any atom is 0.241 e. The van der Waals surface area contributed by atoms with Crippen molar-refractivity contribution < 1.29 is 17.9 Å². The molecule has 0 fully saturated rings. The van der Waals surface area contributed by atoms with Gasteiger partial charge in [0, 0.05) is 6.04 Å². The largest absolute Gasteiger partial charge is 0.486 e. The maximum absolute atomic E-state index is 12.8. The lowest BCUT2D eigenvalue weighted by Gasteiger charge is -2.25. The SMILES string of the molecule is Cc1ccc(S(=O)(=O)N[C@H](c2ccc3c(c2)OCCO3)C(C)C)cc1. The highest BCUT2D eigenvalue weighted by Gasteiger charge is 2.25. The summed E-state index contributed by atoms with van der Waals surface area (Å²) < 4.78 is 39.5. The van der Waals surface area contributed by atoms with Crippen molar-refractivity contribution in [2.75, 3.05) is 13.2 Å². The molecule has 0 aliphatic carbocycles. The van der Waals surface area contributed by atoms with Crippen molar-refractivity contribution in [2.45, 2.75) is 31.7 Å². The van der Waals surface area contributed by atoms with Gasteiger partial charge >= 0.3 is 0 Å². The van der Waals surface area contributed by atoms with Crippen LogP contribution in [0.3, 0.4) is 0 Å². The molecule has 0 radical (unpaired) electrons. The van der Waals surface area contributed by atoms with Gasteiger partial charge < -0.3 is 9.47 Å². The average Bonchev–Trinajstić information content (AvgIpc) is 2.59. The molecule has 0 aromatic heterocycles. The van der Waals surface area contributed by atoms with Crippen molar-refractivity contribution in [3.8, 4) is 11.5 Å². The summed E-state index contributed by atoms with van der Waals surface area (Å²) in [4.78, 5) is 0.265. The van der Waals surface area contributed by atoms with E-state index in [0.29, 0.717) is 24.7 Å². The number of rotatable bonds is 5. The molecule has 134 valence electrons. The Balaban J connectivity index is 1.90. The number of aryl methyl sites for hydroxylation is 1. The first-order chi connectivity index (χ1) is 11.9. The van der Waals surface area contributed by atoms with E-state index in [-0.39, 0.29) is 16.9 Å². The first-order valence-corrected chi connectivity index (χ1v) is 9.84. The van der Waals surface area contributed by atoms with Crippen molar-refractivity contribution >= 4 is 10.0 Å². The van der Waals surface area contributed by atoms with E-state index in [9.17, 15) is 8.42 Å². The molecule has 6 heteroatoms. The van der Waals surface area contributed by atoms with E-state index in [2.05, 4.69) is 4.72 Å². The summed E-state index contributed by atoms with van der Waals surface area (Å²) in [6.45, 7) is 6.92. The first-order valence-electron chi connectivity index (χ1n) is 8.35. The van der Waals surface area contributed by atoms with Gasteiger partial charge in [-0.25, -0.2) is 13.1 Å². The summed E-state index contributed by atoms with van der Waals surface area (Å²) in [6, 6.07) is 12.1. The number of hydrogen-bond donors (Lipinski definition) is 1. The van der Waals surface area contributed by atoms with Crippen LogP contribution in [0, 0.1) is 12.8 Å². The van der Waals surface area contributed by atoms with E-state index in [0.717, 1.165) is 11.1 Å². The molecule has 0 bridgehead atoms. The van der Waals surface area contributed by atoms with Crippen molar-refractivity contribution in [2.24, 2.45) is 5.92 Å². The standard InChI is InChI=1S/C19H23NO4S/c1-13(2)19(15-6-9-17-18(12-15)24-11-10-23-17)20-25(21,22)16-7-4-14(3)5-8-16/h4-9,12-13,19-20H,10-11H2,1-3H3/t19-/m0/s1. The third-order valence-electron chi connectivity index (χ3n) is 4.21. The second-order valence-corrected chi connectivity index (χ2v) is 8.27. The van der Waals surface area contributed by atoms with Gasteiger partial charge in [-0.3, -0.25) is 0 Å². The Labute approximate surface area is 149 Å². The van der Waals surface area contributed by atoms with Crippen molar-refractivity contribution in [3.63, 3.8) is 0 Å². The molecule has 0 unspecified atom stereocenters. The fraction of sp³-hybridized carbons (Fsp3) is 0.368. The van der Waals surface area contributed by atoms with E-state index in [4.69, 9.17) is 9.47 Å². The van der Waals surface area contributed by atoms with Gasteiger partial charge in [0.15, 0.2) is 11.5 Å². The Hall–Kier alpha value is -2.05. The van der Waals surface area contributed by atoms with Crippen LogP contribution in [-0.4, -0.2) is 21.6 Å². The van der Waals surface area contributed by atoms with E-state index >= 15 is 0 Å². The summed E-state index contributed by atoms with van der Waals surface area (Å²) in [5, 5.41) is 0. The van der Waals surface area contributed by atoms with Gasteiger partial charge in [-0.2, -0.15) is 0 Å². The summed E-state index contributed by atoms with van der Waals surface area (Å²) in [7, 11) is -3.61. The van der Waals surface area contributed by atoms with Crippen LogP contribution < -0.4 is 14.2 Å². The molecule has 2 aromatic rings. The molecule has 2 aromatic carbocycles. The summed E-state index contributed by atoms with van der Waals surface area (Å²) in [5.41, 5.74) is 1.88. The molecular weight excluding hydrogens is 338 g/mol. The lowest BCUT2D eigenvalue weighted by atomic mass is 9.97. The Morgan fingerprint density at radius 1 is 0.960 bits per heavy atom. The van der Waals surface area contributed by atoms with Crippen molar-refractivity contribution in [1.82, 2.24) is 4.72 Å². The second-order valence-electron chi connectivity index (χ2n) is 6.56. The molecule has 1 atom stereocenters. The molecule has 0 amide bonds. The third-order valence-corrected chi connectivity index (χ3v) is 5.66. The van der Waals surface area contributed by atoms with Gasteiger partial charge in [0.1, 0.15) is 13.2 Å². The molecule has 5 nitrogen and oxygen atoms in total.